The molecule has 0 fully saturated rings. The summed E-state index contributed by atoms with van der Waals surface area (Å²) in [6, 6.07) is 12.6. The second-order valence-corrected chi connectivity index (χ2v) is 7.96. The molecule has 1 heterocycles. The molecule has 1 aliphatic rings. The molecule has 2 aromatic carbocycles. The third kappa shape index (κ3) is 3.17. The molecule has 0 saturated carbocycles. The molecule has 3 rings (SSSR count). The minimum absolute atomic E-state index is 0.113. The summed E-state index contributed by atoms with van der Waals surface area (Å²) in [7, 11) is -3.80. The van der Waals surface area contributed by atoms with Crippen LogP contribution in [-0.4, -0.2) is 30.3 Å². The number of carbonyl (C=O) groups is 1. The van der Waals surface area contributed by atoms with E-state index in [0.717, 1.165) is 11.1 Å². The van der Waals surface area contributed by atoms with Gasteiger partial charge in [-0.25, -0.2) is 8.42 Å². The molecular weight excluding hydrogens is 350 g/mol. The Hall–Kier alpha value is -1.89. The van der Waals surface area contributed by atoms with Gasteiger partial charge in [0, 0.05) is 11.6 Å². The molecule has 126 valence electrons. The number of halogens is 1. The second-order valence-electron chi connectivity index (χ2n) is 5.63. The van der Waals surface area contributed by atoms with Crippen molar-refractivity contribution in [3.8, 4) is 0 Å². The fraction of sp³-hybridized carbons (Fsp3) is 0.235. The lowest BCUT2D eigenvalue weighted by Crippen LogP contribution is -2.40. The van der Waals surface area contributed by atoms with E-state index in [0.29, 0.717) is 11.4 Å². The summed E-state index contributed by atoms with van der Waals surface area (Å²) in [6.07, 6.45) is 0.281. The van der Waals surface area contributed by atoms with Crippen LogP contribution < -0.4 is 0 Å². The van der Waals surface area contributed by atoms with E-state index in [4.69, 9.17) is 11.6 Å². The zero-order chi connectivity index (χ0) is 17.3. The van der Waals surface area contributed by atoms with Crippen LogP contribution in [0.15, 0.2) is 53.4 Å². The number of carboxylic acid groups (broad SMARTS) is 1. The summed E-state index contributed by atoms with van der Waals surface area (Å²) in [6.45, 7) is 0.250. The molecule has 0 radical (unpaired) electrons. The van der Waals surface area contributed by atoms with Crippen molar-refractivity contribution in [1.82, 2.24) is 4.31 Å². The van der Waals surface area contributed by atoms with Gasteiger partial charge in [-0.3, -0.25) is 4.79 Å². The van der Waals surface area contributed by atoms with Crippen LogP contribution in [0.2, 0.25) is 5.02 Å². The van der Waals surface area contributed by atoms with E-state index in [9.17, 15) is 18.3 Å². The van der Waals surface area contributed by atoms with Gasteiger partial charge in [0.05, 0.1) is 17.4 Å². The van der Waals surface area contributed by atoms with Crippen LogP contribution in [0.4, 0.5) is 0 Å². The molecule has 2 aromatic rings. The minimum atomic E-state index is -3.80. The maximum atomic E-state index is 13.0. The Morgan fingerprint density at radius 3 is 2.50 bits per heavy atom. The lowest BCUT2D eigenvalue weighted by Gasteiger charge is -2.35. The van der Waals surface area contributed by atoms with E-state index >= 15 is 0 Å². The van der Waals surface area contributed by atoms with Crippen LogP contribution >= 0.6 is 11.6 Å². The average molecular weight is 366 g/mol. The van der Waals surface area contributed by atoms with Crippen LogP contribution in [-0.2, 0) is 21.2 Å². The normalized spacial score (nSPS) is 18.1. The molecule has 0 bridgehead atoms. The molecule has 0 aliphatic carbocycles. The van der Waals surface area contributed by atoms with Gasteiger partial charge in [0.1, 0.15) is 0 Å². The van der Waals surface area contributed by atoms with Crippen LogP contribution in [0, 0.1) is 0 Å². The third-order valence-corrected chi connectivity index (χ3v) is 6.33. The van der Waals surface area contributed by atoms with Crippen molar-refractivity contribution in [3.63, 3.8) is 0 Å². The molecule has 1 atom stereocenters. The van der Waals surface area contributed by atoms with Gasteiger partial charge in [-0.2, -0.15) is 4.31 Å². The number of fused-ring (bicyclic) bond motifs is 1. The molecule has 1 N–H and O–H groups in total. The van der Waals surface area contributed by atoms with Crippen molar-refractivity contribution in [2.75, 3.05) is 6.54 Å². The number of carboxylic acids is 1. The zero-order valence-electron chi connectivity index (χ0n) is 12.7. The van der Waals surface area contributed by atoms with Gasteiger partial charge in [-0.15, -0.1) is 0 Å². The summed E-state index contributed by atoms with van der Waals surface area (Å²) in [4.78, 5) is 11.4. The van der Waals surface area contributed by atoms with Crippen LogP contribution in [0.5, 0.6) is 0 Å². The topological polar surface area (TPSA) is 74.7 Å². The summed E-state index contributed by atoms with van der Waals surface area (Å²) >= 11 is 5.83. The van der Waals surface area contributed by atoms with Gasteiger partial charge in [0.15, 0.2) is 0 Å². The lowest BCUT2D eigenvalue weighted by atomic mass is 9.92. The van der Waals surface area contributed by atoms with E-state index in [1.54, 1.807) is 12.1 Å². The Balaban J connectivity index is 2.05. The number of benzene rings is 2. The van der Waals surface area contributed by atoms with Gasteiger partial charge in [0.25, 0.3) is 0 Å². The first-order valence-corrected chi connectivity index (χ1v) is 9.28. The fourth-order valence-electron chi connectivity index (χ4n) is 3.04. The van der Waals surface area contributed by atoms with E-state index in [1.165, 1.54) is 28.6 Å². The highest BCUT2D eigenvalue weighted by atomic mass is 35.5. The van der Waals surface area contributed by atoms with Crippen molar-refractivity contribution in [1.29, 1.82) is 0 Å². The predicted octanol–water partition coefficient (Wildman–Crippen LogP) is 3.10. The van der Waals surface area contributed by atoms with Crippen molar-refractivity contribution >= 4 is 27.6 Å². The van der Waals surface area contributed by atoms with Gasteiger partial charge in [0.2, 0.25) is 10.0 Å². The third-order valence-electron chi connectivity index (χ3n) is 4.15. The van der Waals surface area contributed by atoms with Crippen molar-refractivity contribution in [3.05, 3.63) is 64.7 Å². The monoisotopic (exact) mass is 365 g/mol. The number of rotatable bonds is 4. The highest BCUT2D eigenvalue weighted by molar-refractivity contribution is 7.89. The van der Waals surface area contributed by atoms with Gasteiger partial charge in [-0.05, 0) is 41.8 Å². The lowest BCUT2D eigenvalue weighted by molar-refractivity contribution is -0.138. The summed E-state index contributed by atoms with van der Waals surface area (Å²) < 4.78 is 27.3. The van der Waals surface area contributed by atoms with Crippen LogP contribution in [0.1, 0.15) is 23.6 Å². The molecule has 0 amide bonds. The minimum Gasteiger partial charge on any atom is -0.481 e. The van der Waals surface area contributed by atoms with Gasteiger partial charge >= 0.3 is 5.97 Å². The number of aliphatic carboxylic acids is 1. The smallest absolute Gasteiger partial charge is 0.305 e. The Kier molecular flexibility index (Phi) is 4.62. The number of hydrogen-bond acceptors (Lipinski definition) is 3. The Bertz CT molecular complexity index is 864. The van der Waals surface area contributed by atoms with E-state index in [2.05, 4.69) is 0 Å². The van der Waals surface area contributed by atoms with E-state index in [-0.39, 0.29) is 17.9 Å². The molecule has 5 nitrogen and oxygen atoms in total. The summed E-state index contributed by atoms with van der Waals surface area (Å²) in [5.74, 6) is -1.03. The highest BCUT2D eigenvalue weighted by Gasteiger charge is 2.37. The Morgan fingerprint density at radius 2 is 1.83 bits per heavy atom. The molecule has 7 heteroatoms. The fourth-order valence-corrected chi connectivity index (χ4v) is 4.77. The second kappa shape index (κ2) is 6.55. The standard InChI is InChI=1S/C17H16ClNO4S/c18-13-5-7-14(8-6-13)24(22,23)19-10-9-12-3-1-2-4-15(12)16(19)11-17(20)21/h1-8,16H,9-11H2,(H,20,21)/t16-/m0/s1. The number of sulfonamides is 1. The van der Waals surface area contributed by atoms with Crippen LogP contribution in [0.3, 0.4) is 0 Å². The van der Waals surface area contributed by atoms with E-state index in [1.807, 2.05) is 12.1 Å². The highest BCUT2D eigenvalue weighted by Crippen LogP contribution is 2.36. The first-order chi connectivity index (χ1) is 11.4. The van der Waals surface area contributed by atoms with Gasteiger partial charge in [-0.1, -0.05) is 35.9 Å². The number of nitrogens with zero attached hydrogens (tertiary/aromatic N) is 1. The molecule has 0 aromatic heterocycles. The molecule has 0 saturated heterocycles. The first kappa shape index (κ1) is 17.0. The molecule has 1 aliphatic heterocycles. The molecule has 24 heavy (non-hydrogen) atoms. The van der Waals surface area contributed by atoms with Gasteiger partial charge < -0.3 is 5.11 Å². The predicted molar refractivity (Wildman–Crippen MR) is 90.5 cm³/mol. The van der Waals surface area contributed by atoms with E-state index < -0.39 is 22.0 Å². The first-order valence-electron chi connectivity index (χ1n) is 7.46. The van der Waals surface area contributed by atoms with Crippen molar-refractivity contribution in [2.24, 2.45) is 0 Å². The summed E-state index contributed by atoms with van der Waals surface area (Å²) in [5.41, 5.74) is 1.75. The SMILES string of the molecule is O=C(O)C[C@H]1c2ccccc2CCN1S(=O)(=O)c1ccc(Cl)cc1. The largest absolute Gasteiger partial charge is 0.481 e. The Labute approximate surface area is 145 Å². The maximum absolute atomic E-state index is 13.0. The summed E-state index contributed by atoms with van der Waals surface area (Å²) in [5, 5.41) is 9.69. The average Bonchev–Trinajstić information content (AvgIpc) is 2.55. The number of hydrogen-bond donors (Lipinski definition) is 1. The molecular formula is C17H16ClNO4S. The van der Waals surface area contributed by atoms with Crippen molar-refractivity contribution < 1.29 is 18.3 Å². The Morgan fingerprint density at radius 1 is 1.17 bits per heavy atom. The van der Waals surface area contributed by atoms with Crippen molar-refractivity contribution in [2.45, 2.75) is 23.8 Å². The quantitative estimate of drug-likeness (QED) is 0.903. The molecule has 0 spiro atoms. The molecule has 0 unspecified atom stereocenters. The van der Waals surface area contributed by atoms with Crippen LogP contribution in [0.25, 0.3) is 0 Å². The zero-order valence-corrected chi connectivity index (χ0v) is 14.3. The maximum Gasteiger partial charge on any atom is 0.305 e.